The van der Waals surface area contributed by atoms with E-state index in [1.165, 1.54) is 45.3 Å². The summed E-state index contributed by atoms with van der Waals surface area (Å²) >= 11 is 0. The van der Waals surface area contributed by atoms with Crippen LogP contribution in [0, 0.1) is 17.8 Å². The van der Waals surface area contributed by atoms with Crippen LogP contribution in [0.4, 0.5) is 5.69 Å². The van der Waals surface area contributed by atoms with Crippen LogP contribution in [-0.4, -0.2) is 51.8 Å². The molecule has 0 unspecified atom stereocenters. The number of benzene rings is 1. The van der Waals surface area contributed by atoms with Crippen LogP contribution in [0.1, 0.15) is 46.5 Å². The third kappa shape index (κ3) is 5.26. The van der Waals surface area contributed by atoms with E-state index in [9.17, 15) is 8.42 Å². The molecule has 2 aliphatic rings. The molecule has 0 aromatic heterocycles. The summed E-state index contributed by atoms with van der Waals surface area (Å²) in [5.74, 6) is 2.67. The average molecular weight is 393 g/mol. The molecule has 3 rings (SSSR count). The molecule has 5 heteroatoms. The van der Waals surface area contributed by atoms with Crippen molar-refractivity contribution in [1.29, 1.82) is 0 Å². The molecular formula is C22H36N2O2S. The van der Waals surface area contributed by atoms with Crippen LogP contribution < -0.4 is 4.90 Å². The molecule has 27 heavy (non-hydrogen) atoms. The summed E-state index contributed by atoms with van der Waals surface area (Å²) in [4.78, 5) is 5.49. The normalized spacial score (nSPS) is 21.1. The molecule has 2 heterocycles. The third-order valence-corrected chi connectivity index (χ3v) is 8.36. The summed E-state index contributed by atoms with van der Waals surface area (Å²) < 4.78 is 24.3. The lowest BCUT2D eigenvalue weighted by atomic mass is 9.86. The van der Waals surface area contributed by atoms with Crippen molar-refractivity contribution in [3.8, 4) is 0 Å². The van der Waals surface area contributed by atoms with Crippen molar-refractivity contribution in [2.45, 2.75) is 51.3 Å². The fraction of sp³-hybridized carbons (Fsp3) is 0.727. The second kappa shape index (κ2) is 8.95. The van der Waals surface area contributed by atoms with Crippen LogP contribution in [0.2, 0.25) is 0 Å². The number of anilines is 1. The van der Waals surface area contributed by atoms with Crippen LogP contribution in [0.3, 0.4) is 0 Å². The van der Waals surface area contributed by atoms with Crippen molar-refractivity contribution in [3.63, 3.8) is 0 Å². The monoisotopic (exact) mass is 392 g/mol. The van der Waals surface area contributed by atoms with E-state index in [4.69, 9.17) is 0 Å². The van der Waals surface area contributed by atoms with E-state index in [2.05, 4.69) is 23.6 Å². The molecule has 1 aromatic carbocycles. The Bertz CT molecular complexity index is 701. The minimum Gasteiger partial charge on any atom is -0.371 e. The molecular weight excluding hydrogens is 356 g/mol. The van der Waals surface area contributed by atoms with Crippen LogP contribution in [-0.2, 0) is 9.84 Å². The highest BCUT2D eigenvalue weighted by Crippen LogP contribution is 2.29. The third-order valence-electron chi connectivity index (χ3n) is 6.63. The van der Waals surface area contributed by atoms with Crippen LogP contribution in [0.25, 0.3) is 0 Å². The van der Waals surface area contributed by atoms with Crippen molar-refractivity contribution < 1.29 is 8.42 Å². The van der Waals surface area contributed by atoms with Gasteiger partial charge in [0, 0.05) is 25.3 Å². The van der Waals surface area contributed by atoms with Gasteiger partial charge in [-0.3, -0.25) is 0 Å². The van der Waals surface area contributed by atoms with Gasteiger partial charge < -0.3 is 9.80 Å². The number of likely N-dealkylation sites (tertiary alicyclic amines) is 1. The molecule has 0 N–H and O–H groups in total. The van der Waals surface area contributed by atoms with Gasteiger partial charge in [-0.1, -0.05) is 26.8 Å². The Balaban J connectivity index is 1.50. The molecule has 0 atom stereocenters. The van der Waals surface area contributed by atoms with Crippen molar-refractivity contribution in [2.24, 2.45) is 17.8 Å². The van der Waals surface area contributed by atoms with Gasteiger partial charge in [0.05, 0.1) is 10.6 Å². The van der Waals surface area contributed by atoms with Crippen molar-refractivity contribution >= 4 is 15.5 Å². The second-order valence-electron chi connectivity index (χ2n) is 8.71. The quantitative estimate of drug-likeness (QED) is 0.732. The minimum absolute atomic E-state index is 0.159. The predicted molar refractivity (Wildman–Crippen MR) is 113 cm³/mol. The molecule has 0 spiro atoms. The Kier molecular flexibility index (Phi) is 6.85. The van der Waals surface area contributed by atoms with Crippen molar-refractivity contribution in [1.82, 2.24) is 4.90 Å². The predicted octanol–water partition coefficient (Wildman–Crippen LogP) is 4.06. The number of nitrogens with zero attached hydrogens (tertiary/aromatic N) is 2. The molecule has 2 fully saturated rings. The van der Waals surface area contributed by atoms with Crippen LogP contribution in [0.5, 0.6) is 0 Å². The molecule has 4 nitrogen and oxygen atoms in total. The first kappa shape index (κ1) is 20.7. The zero-order chi connectivity index (χ0) is 19.4. The van der Waals surface area contributed by atoms with E-state index in [-0.39, 0.29) is 5.75 Å². The Morgan fingerprint density at radius 1 is 1.04 bits per heavy atom. The van der Waals surface area contributed by atoms with Gasteiger partial charge in [-0.25, -0.2) is 8.42 Å². The number of hydrogen-bond donors (Lipinski definition) is 0. The lowest BCUT2D eigenvalue weighted by Gasteiger charge is -2.39. The topological polar surface area (TPSA) is 40.6 Å². The minimum atomic E-state index is -3.13. The zero-order valence-corrected chi connectivity index (χ0v) is 18.0. The lowest BCUT2D eigenvalue weighted by molar-refractivity contribution is 0.132. The van der Waals surface area contributed by atoms with E-state index in [0.717, 1.165) is 36.5 Å². The number of rotatable bonds is 6. The SMILES string of the molecule is CCS(=O)(=O)c1cccc(N2CCC(CN3CCC(C(C)C)CC3)CC2)c1. The van der Waals surface area contributed by atoms with E-state index < -0.39 is 9.84 Å². The van der Waals surface area contributed by atoms with Crippen LogP contribution >= 0.6 is 0 Å². The zero-order valence-electron chi connectivity index (χ0n) is 17.2. The fourth-order valence-electron chi connectivity index (χ4n) is 4.58. The van der Waals surface area contributed by atoms with Gasteiger partial charge in [-0.2, -0.15) is 0 Å². The van der Waals surface area contributed by atoms with Gasteiger partial charge in [0.2, 0.25) is 0 Å². The van der Waals surface area contributed by atoms with Gasteiger partial charge in [-0.05, 0) is 74.7 Å². The molecule has 0 radical (unpaired) electrons. The maximum atomic E-state index is 12.2. The maximum absolute atomic E-state index is 12.2. The highest BCUT2D eigenvalue weighted by atomic mass is 32.2. The van der Waals surface area contributed by atoms with E-state index in [1.807, 2.05) is 18.2 Å². The van der Waals surface area contributed by atoms with E-state index >= 15 is 0 Å². The molecule has 0 bridgehead atoms. The lowest BCUT2D eigenvalue weighted by Crippen LogP contribution is -2.42. The van der Waals surface area contributed by atoms with E-state index in [0.29, 0.717) is 4.90 Å². The molecule has 0 saturated carbocycles. The van der Waals surface area contributed by atoms with Crippen molar-refractivity contribution in [2.75, 3.05) is 43.4 Å². The van der Waals surface area contributed by atoms with Crippen LogP contribution in [0.15, 0.2) is 29.2 Å². The highest BCUT2D eigenvalue weighted by molar-refractivity contribution is 7.91. The molecule has 2 aliphatic heterocycles. The Morgan fingerprint density at radius 3 is 2.30 bits per heavy atom. The maximum Gasteiger partial charge on any atom is 0.178 e. The summed E-state index contributed by atoms with van der Waals surface area (Å²) in [5.41, 5.74) is 1.06. The van der Waals surface area contributed by atoms with Gasteiger partial charge in [-0.15, -0.1) is 0 Å². The molecule has 1 aromatic rings. The second-order valence-corrected chi connectivity index (χ2v) is 11.0. The Hall–Kier alpha value is -1.07. The Labute approximate surface area is 165 Å². The highest BCUT2D eigenvalue weighted by Gasteiger charge is 2.26. The number of piperidine rings is 2. The van der Waals surface area contributed by atoms with Gasteiger partial charge in [0.15, 0.2) is 9.84 Å². The molecule has 152 valence electrons. The number of sulfone groups is 1. The summed E-state index contributed by atoms with van der Waals surface area (Å²) in [6, 6.07) is 7.50. The molecule has 0 amide bonds. The van der Waals surface area contributed by atoms with Gasteiger partial charge in [0.25, 0.3) is 0 Å². The summed E-state index contributed by atoms with van der Waals surface area (Å²) in [6.07, 6.45) is 5.12. The largest absolute Gasteiger partial charge is 0.371 e. The van der Waals surface area contributed by atoms with E-state index in [1.54, 1.807) is 13.0 Å². The van der Waals surface area contributed by atoms with Gasteiger partial charge >= 0.3 is 0 Å². The van der Waals surface area contributed by atoms with Gasteiger partial charge in [0.1, 0.15) is 0 Å². The first-order chi connectivity index (χ1) is 12.9. The first-order valence-electron chi connectivity index (χ1n) is 10.7. The standard InChI is InChI=1S/C22H36N2O2S/c1-4-27(25,26)22-7-5-6-21(16-22)24-14-8-19(9-15-24)17-23-12-10-20(11-13-23)18(2)3/h5-7,16,18-20H,4,8-15,17H2,1-3H3. The van der Waals surface area contributed by atoms with Crippen molar-refractivity contribution in [3.05, 3.63) is 24.3 Å². The summed E-state index contributed by atoms with van der Waals surface area (Å²) in [7, 11) is -3.13. The average Bonchev–Trinajstić information content (AvgIpc) is 2.69. The molecule has 2 saturated heterocycles. The summed E-state index contributed by atoms with van der Waals surface area (Å²) in [6.45, 7) is 12.2. The first-order valence-corrected chi connectivity index (χ1v) is 12.3. The molecule has 0 aliphatic carbocycles. The Morgan fingerprint density at radius 2 is 1.70 bits per heavy atom. The smallest absolute Gasteiger partial charge is 0.178 e. The fourth-order valence-corrected chi connectivity index (χ4v) is 5.50. The number of hydrogen-bond acceptors (Lipinski definition) is 4. The summed E-state index contributed by atoms with van der Waals surface area (Å²) in [5, 5.41) is 0.